The monoisotopic (exact) mass is 385 g/mol. The SMILES string of the molecule is CCOc1cc(CN2CC(C(=O)O)CCC2C)cc(Br)c1OC. The average Bonchev–Trinajstić information content (AvgIpc) is 2.49. The third kappa shape index (κ3) is 4.38. The van der Waals surface area contributed by atoms with Gasteiger partial charge in [-0.25, -0.2) is 0 Å². The van der Waals surface area contributed by atoms with E-state index in [1.54, 1.807) is 7.11 Å². The van der Waals surface area contributed by atoms with Crippen molar-refractivity contribution in [1.29, 1.82) is 0 Å². The van der Waals surface area contributed by atoms with Crippen LogP contribution < -0.4 is 9.47 Å². The molecule has 1 fully saturated rings. The highest BCUT2D eigenvalue weighted by Crippen LogP contribution is 2.37. The largest absolute Gasteiger partial charge is 0.492 e. The van der Waals surface area contributed by atoms with Gasteiger partial charge in [0.1, 0.15) is 0 Å². The van der Waals surface area contributed by atoms with Gasteiger partial charge in [-0.2, -0.15) is 0 Å². The zero-order valence-electron chi connectivity index (χ0n) is 13.8. The summed E-state index contributed by atoms with van der Waals surface area (Å²) in [5, 5.41) is 9.26. The lowest BCUT2D eigenvalue weighted by Gasteiger charge is -2.36. The second kappa shape index (κ2) is 8.02. The van der Waals surface area contributed by atoms with Gasteiger partial charge in [0.15, 0.2) is 11.5 Å². The molecular weight excluding hydrogens is 362 g/mol. The molecule has 1 aromatic rings. The van der Waals surface area contributed by atoms with Crippen LogP contribution in [0.15, 0.2) is 16.6 Å². The molecule has 23 heavy (non-hydrogen) atoms. The van der Waals surface area contributed by atoms with Gasteiger partial charge in [0.25, 0.3) is 0 Å². The van der Waals surface area contributed by atoms with Crippen molar-refractivity contribution in [3.63, 3.8) is 0 Å². The first-order valence-corrected chi connectivity index (χ1v) is 8.71. The highest BCUT2D eigenvalue weighted by atomic mass is 79.9. The van der Waals surface area contributed by atoms with Gasteiger partial charge in [-0.05, 0) is 60.3 Å². The highest BCUT2D eigenvalue weighted by molar-refractivity contribution is 9.10. The number of methoxy groups -OCH3 is 1. The molecule has 0 aliphatic carbocycles. The summed E-state index contributed by atoms with van der Waals surface area (Å²) >= 11 is 3.53. The minimum atomic E-state index is -0.701. The Kier molecular flexibility index (Phi) is 6.30. The normalized spacial score (nSPS) is 21.9. The summed E-state index contributed by atoms with van der Waals surface area (Å²) < 4.78 is 11.9. The van der Waals surface area contributed by atoms with E-state index in [9.17, 15) is 9.90 Å². The molecular formula is C17H24BrNO4. The Hall–Kier alpha value is -1.27. The Bertz CT molecular complexity index is 564. The van der Waals surface area contributed by atoms with Crippen molar-refractivity contribution >= 4 is 21.9 Å². The number of likely N-dealkylation sites (tertiary alicyclic amines) is 1. The summed E-state index contributed by atoms with van der Waals surface area (Å²) in [5.41, 5.74) is 1.08. The number of ether oxygens (including phenoxy) is 2. The fourth-order valence-electron chi connectivity index (χ4n) is 3.01. The maximum absolute atomic E-state index is 11.3. The highest BCUT2D eigenvalue weighted by Gasteiger charge is 2.29. The van der Waals surface area contributed by atoms with E-state index in [4.69, 9.17) is 9.47 Å². The number of nitrogens with zero attached hydrogens (tertiary/aromatic N) is 1. The summed E-state index contributed by atoms with van der Waals surface area (Å²) in [6.45, 7) is 5.94. The number of piperidine rings is 1. The van der Waals surface area contributed by atoms with Crippen LogP contribution in [0.1, 0.15) is 32.3 Å². The molecule has 2 rings (SSSR count). The van der Waals surface area contributed by atoms with Gasteiger partial charge in [-0.3, -0.25) is 9.69 Å². The zero-order chi connectivity index (χ0) is 17.0. The fourth-order valence-corrected chi connectivity index (χ4v) is 3.66. The van der Waals surface area contributed by atoms with Crippen LogP contribution in [0.3, 0.4) is 0 Å². The van der Waals surface area contributed by atoms with E-state index in [1.807, 2.05) is 19.1 Å². The van der Waals surface area contributed by atoms with Crippen molar-refractivity contribution in [2.45, 2.75) is 39.3 Å². The summed E-state index contributed by atoms with van der Waals surface area (Å²) in [5.74, 6) is 0.414. The second-order valence-electron chi connectivity index (χ2n) is 5.93. The predicted octanol–water partition coefficient (Wildman–Crippen LogP) is 3.54. The number of hydrogen-bond donors (Lipinski definition) is 1. The molecule has 1 aliphatic rings. The number of rotatable bonds is 6. The van der Waals surface area contributed by atoms with Crippen molar-refractivity contribution in [2.24, 2.45) is 5.92 Å². The number of hydrogen-bond acceptors (Lipinski definition) is 4. The first-order valence-electron chi connectivity index (χ1n) is 7.92. The molecule has 1 aromatic carbocycles. The van der Waals surface area contributed by atoms with Gasteiger partial charge >= 0.3 is 5.97 Å². The summed E-state index contributed by atoms with van der Waals surface area (Å²) in [7, 11) is 1.62. The van der Waals surface area contributed by atoms with Crippen molar-refractivity contribution in [3.8, 4) is 11.5 Å². The predicted molar refractivity (Wildman–Crippen MR) is 92.1 cm³/mol. The molecule has 1 heterocycles. The molecule has 0 radical (unpaired) electrons. The third-order valence-electron chi connectivity index (χ3n) is 4.32. The molecule has 1 saturated heterocycles. The Morgan fingerprint density at radius 2 is 2.17 bits per heavy atom. The van der Waals surface area contributed by atoms with Gasteiger partial charge in [0.05, 0.1) is 24.1 Å². The van der Waals surface area contributed by atoms with Crippen LogP contribution in [0.5, 0.6) is 11.5 Å². The van der Waals surface area contributed by atoms with Gasteiger partial charge in [0.2, 0.25) is 0 Å². The fraction of sp³-hybridized carbons (Fsp3) is 0.588. The standard InChI is InChI=1S/C17H24BrNO4/c1-4-23-15-8-12(7-14(18)16(15)22-3)9-19-10-13(17(20)21)6-5-11(19)2/h7-8,11,13H,4-6,9-10H2,1-3H3,(H,20,21). The molecule has 0 saturated carbocycles. The van der Waals surface area contributed by atoms with Gasteiger partial charge in [-0.15, -0.1) is 0 Å². The van der Waals surface area contributed by atoms with Gasteiger partial charge in [-0.1, -0.05) is 0 Å². The molecule has 128 valence electrons. The minimum absolute atomic E-state index is 0.278. The molecule has 1 aliphatic heterocycles. The first-order chi connectivity index (χ1) is 11.0. The zero-order valence-corrected chi connectivity index (χ0v) is 15.4. The Morgan fingerprint density at radius 3 is 2.78 bits per heavy atom. The summed E-state index contributed by atoms with van der Waals surface area (Å²) in [6.07, 6.45) is 1.66. The molecule has 6 heteroatoms. The lowest BCUT2D eigenvalue weighted by molar-refractivity contribution is -0.144. The Morgan fingerprint density at radius 1 is 1.43 bits per heavy atom. The molecule has 0 aromatic heterocycles. The van der Waals surface area contributed by atoms with Crippen LogP contribution in [-0.2, 0) is 11.3 Å². The molecule has 0 amide bonds. The number of benzene rings is 1. The summed E-state index contributed by atoms with van der Waals surface area (Å²) in [6, 6.07) is 4.37. The van der Waals surface area contributed by atoms with Crippen LogP contribution in [0.25, 0.3) is 0 Å². The van der Waals surface area contributed by atoms with Crippen LogP contribution in [0, 0.1) is 5.92 Å². The number of carboxylic acids is 1. The number of halogens is 1. The van der Waals surface area contributed by atoms with E-state index in [0.29, 0.717) is 37.2 Å². The van der Waals surface area contributed by atoms with Crippen molar-refractivity contribution < 1.29 is 19.4 Å². The van der Waals surface area contributed by atoms with E-state index < -0.39 is 5.97 Å². The number of carboxylic acid groups (broad SMARTS) is 1. The van der Waals surface area contributed by atoms with Gasteiger partial charge < -0.3 is 14.6 Å². The number of aliphatic carboxylic acids is 1. The van der Waals surface area contributed by atoms with Crippen LogP contribution in [0.2, 0.25) is 0 Å². The average molecular weight is 386 g/mol. The lowest BCUT2D eigenvalue weighted by atomic mass is 9.93. The molecule has 2 atom stereocenters. The van der Waals surface area contributed by atoms with E-state index >= 15 is 0 Å². The quantitative estimate of drug-likeness (QED) is 0.811. The van der Waals surface area contributed by atoms with Crippen LogP contribution in [0.4, 0.5) is 0 Å². The maximum Gasteiger partial charge on any atom is 0.307 e. The minimum Gasteiger partial charge on any atom is -0.492 e. The van der Waals surface area contributed by atoms with Crippen molar-refractivity contribution in [3.05, 3.63) is 22.2 Å². The third-order valence-corrected chi connectivity index (χ3v) is 4.91. The van der Waals surface area contributed by atoms with E-state index in [2.05, 4.69) is 27.8 Å². The molecule has 0 bridgehead atoms. The lowest BCUT2D eigenvalue weighted by Crippen LogP contribution is -2.43. The molecule has 0 spiro atoms. The van der Waals surface area contributed by atoms with Crippen molar-refractivity contribution in [2.75, 3.05) is 20.3 Å². The molecule has 5 nitrogen and oxygen atoms in total. The Labute approximate surface area is 145 Å². The number of carbonyl (C=O) groups is 1. The smallest absolute Gasteiger partial charge is 0.307 e. The van der Waals surface area contributed by atoms with E-state index in [1.165, 1.54) is 0 Å². The maximum atomic E-state index is 11.3. The topological polar surface area (TPSA) is 59.0 Å². The van der Waals surface area contributed by atoms with Crippen LogP contribution in [-0.4, -0.2) is 42.3 Å². The first kappa shape index (κ1) is 18.1. The summed E-state index contributed by atoms with van der Waals surface area (Å²) in [4.78, 5) is 13.5. The second-order valence-corrected chi connectivity index (χ2v) is 6.79. The Balaban J connectivity index is 2.19. The molecule has 1 N–H and O–H groups in total. The molecule has 2 unspecified atom stereocenters. The van der Waals surface area contributed by atoms with E-state index in [0.717, 1.165) is 22.9 Å². The van der Waals surface area contributed by atoms with Crippen molar-refractivity contribution in [1.82, 2.24) is 4.90 Å². The van der Waals surface area contributed by atoms with E-state index in [-0.39, 0.29) is 5.92 Å². The van der Waals surface area contributed by atoms with Gasteiger partial charge in [0, 0.05) is 19.1 Å². The van der Waals surface area contributed by atoms with Crippen LogP contribution >= 0.6 is 15.9 Å².